The molecule has 1 aromatic heterocycles. The molecule has 0 aliphatic heterocycles. The number of hydrogen-bond acceptors (Lipinski definition) is 4. The van der Waals surface area contributed by atoms with E-state index in [4.69, 9.17) is 27.9 Å². The van der Waals surface area contributed by atoms with Crippen molar-refractivity contribution in [2.45, 2.75) is 19.4 Å². The second-order valence-electron chi connectivity index (χ2n) is 6.06. The Bertz CT molecular complexity index is 966. The van der Waals surface area contributed by atoms with Gasteiger partial charge in [-0.05, 0) is 25.1 Å². The lowest BCUT2D eigenvalue weighted by Gasteiger charge is -2.17. The summed E-state index contributed by atoms with van der Waals surface area (Å²) in [6.07, 6.45) is -1.54. The van der Waals surface area contributed by atoms with Crippen LogP contribution in [-0.2, 0) is 4.79 Å². The summed E-state index contributed by atoms with van der Waals surface area (Å²) in [6.45, 7) is -0.851. The Kier molecular flexibility index (Phi) is 8.69. The first-order valence-electron chi connectivity index (χ1n) is 8.59. The summed E-state index contributed by atoms with van der Waals surface area (Å²) >= 11 is 12.0. The van der Waals surface area contributed by atoms with Gasteiger partial charge in [0.25, 0.3) is 12.3 Å². The Balaban J connectivity index is 2.24. The van der Waals surface area contributed by atoms with Gasteiger partial charge in [-0.2, -0.15) is 0 Å². The van der Waals surface area contributed by atoms with Gasteiger partial charge < -0.3 is 10.1 Å². The van der Waals surface area contributed by atoms with E-state index < -0.39 is 43.5 Å². The Morgan fingerprint density at radius 1 is 1.19 bits per heavy atom. The molecule has 3 N–H and O–H groups in total. The maximum absolute atomic E-state index is 14.7. The van der Waals surface area contributed by atoms with E-state index in [1.165, 1.54) is 25.3 Å². The largest absolute Gasteiger partial charge is 0.485 e. The third-order valence-corrected chi connectivity index (χ3v) is 4.24. The summed E-state index contributed by atoms with van der Waals surface area (Å²) in [4.78, 5) is 26.4. The number of rotatable bonds is 7. The highest BCUT2D eigenvalue weighted by Gasteiger charge is 2.20. The normalized spacial score (nSPS) is 11.7. The monoisotopic (exact) mass is 482 g/mol. The molecule has 2 rings (SSSR count). The number of ether oxygens (including phenoxy) is 1. The van der Waals surface area contributed by atoms with E-state index in [0.717, 1.165) is 6.07 Å². The van der Waals surface area contributed by atoms with Crippen LogP contribution >= 0.6 is 23.2 Å². The summed E-state index contributed by atoms with van der Waals surface area (Å²) in [5, 5.41) is 2.41. The summed E-state index contributed by atoms with van der Waals surface area (Å²) in [5.41, 5.74) is 3.79. The Hall–Kier alpha value is -2.79. The van der Waals surface area contributed by atoms with E-state index in [-0.39, 0.29) is 32.6 Å². The molecule has 0 aliphatic carbocycles. The molecule has 168 valence electrons. The molecular formula is C18H16Cl2F4N4O3. The zero-order valence-electron chi connectivity index (χ0n) is 15.8. The van der Waals surface area contributed by atoms with Gasteiger partial charge in [0.2, 0.25) is 0 Å². The first kappa shape index (κ1) is 24.5. The number of hydrazine groups is 1. The predicted molar refractivity (Wildman–Crippen MR) is 105 cm³/mol. The lowest BCUT2D eigenvalue weighted by atomic mass is 10.0. The number of aromatic nitrogens is 1. The molecule has 0 spiro atoms. The molecule has 0 aliphatic rings. The van der Waals surface area contributed by atoms with Crippen LogP contribution in [0.3, 0.4) is 0 Å². The van der Waals surface area contributed by atoms with E-state index in [1.54, 1.807) is 5.43 Å². The Labute approximate surface area is 184 Å². The average molecular weight is 483 g/mol. The first-order valence-corrected chi connectivity index (χ1v) is 9.35. The van der Waals surface area contributed by atoms with Crippen molar-refractivity contribution < 1.29 is 31.9 Å². The fourth-order valence-electron chi connectivity index (χ4n) is 2.44. The zero-order valence-corrected chi connectivity index (χ0v) is 17.3. The number of amides is 3. The van der Waals surface area contributed by atoms with Crippen molar-refractivity contribution in [1.82, 2.24) is 21.2 Å². The Morgan fingerprint density at radius 2 is 1.90 bits per heavy atom. The molecular weight excluding hydrogens is 467 g/mol. The second-order valence-corrected chi connectivity index (χ2v) is 6.90. The van der Waals surface area contributed by atoms with E-state index in [1.807, 2.05) is 5.43 Å². The molecule has 7 nitrogen and oxygen atoms in total. The highest BCUT2D eigenvalue weighted by Crippen LogP contribution is 2.39. The molecule has 1 aromatic carbocycles. The molecule has 1 heterocycles. The number of nitrogens with one attached hydrogen (secondary N) is 3. The standard InChI is InChI=1S/C18H16Cl2F4N4O3/c1-8(26-18(30)28-27-15(29)5-21)16-13(22)2-9(6-25-16)11-3-10(19)4-12(20)17(11)31-7-14(23)24/h2-4,6,8,14H,5,7H2,1H3,(H,27,29)(H2,26,28,30)/t8-/m1/s1. The van der Waals surface area contributed by atoms with Crippen LogP contribution in [0.25, 0.3) is 11.1 Å². The minimum atomic E-state index is -2.76. The lowest BCUT2D eigenvalue weighted by Crippen LogP contribution is -2.48. The third-order valence-electron chi connectivity index (χ3n) is 3.74. The summed E-state index contributed by atoms with van der Waals surface area (Å²) in [6, 6.07) is 1.81. The highest BCUT2D eigenvalue weighted by molar-refractivity contribution is 6.36. The summed E-state index contributed by atoms with van der Waals surface area (Å²) in [5.74, 6) is -2.02. The lowest BCUT2D eigenvalue weighted by molar-refractivity contribution is -0.122. The predicted octanol–water partition coefficient (Wildman–Crippen LogP) is 4.20. The van der Waals surface area contributed by atoms with Crippen molar-refractivity contribution in [3.63, 3.8) is 0 Å². The van der Waals surface area contributed by atoms with Gasteiger partial charge in [0.15, 0.2) is 6.67 Å². The molecule has 31 heavy (non-hydrogen) atoms. The van der Waals surface area contributed by atoms with Crippen LogP contribution in [0.2, 0.25) is 10.0 Å². The van der Waals surface area contributed by atoms with Crippen molar-refractivity contribution in [1.29, 1.82) is 0 Å². The minimum absolute atomic E-state index is 0.0466. The SMILES string of the molecule is C[C@@H](NC(=O)NNC(=O)CF)c1ncc(-c2cc(Cl)cc(Cl)c2OCC(F)F)cc1F. The Morgan fingerprint density at radius 3 is 2.52 bits per heavy atom. The molecule has 0 radical (unpaired) electrons. The maximum atomic E-state index is 14.7. The van der Waals surface area contributed by atoms with E-state index in [2.05, 4.69) is 10.3 Å². The topological polar surface area (TPSA) is 92.4 Å². The van der Waals surface area contributed by atoms with Crippen molar-refractivity contribution in [3.05, 3.63) is 46.0 Å². The van der Waals surface area contributed by atoms with E-state index in [0.29, 0.717) is 0 Å². The van der Waals surface area contributed by atoms with E-state index >= 15 is 0 Å². The van der Waals surface area contributed by atoms with Crippen molar-refractivity contribution in [2.24, 2.45) is 0 Å². The molecule has 0 saturated heterocycles. The number of hydrogen-bond donors (Lipinski definition) is 3. The molecule has 3 amide bonds. The molecule has 0 fully saturated rings. The summed E-state index contributed by atoms with van der Waals surface area (Å²) in [7, 11) is 0. The summed E-state index contributed by atoms with van der Waals surface area (Å²) < 4.78 is 56.9. The van der Waals surface area contributed by atoms with Gasteiger partial charge in [0.1, 0.15) is 18.2 Å². The van der Waals surface area contributed by atoms with Gasteiger partial charge >= 0.3 is 6.03 Å². The number of urea groups is 1. The van der Waals surface area contributed by atoms with Crippen LogP contribution in [0.1, 0.15) is 18.7 Å². The number of alkyl halides is 3. The number of carbonyl (C=O) groups is 2. The van der Waals surface area contributed by atoms with Crippen molar-refractivity contribution in [2.75, 3.05) is 13.3 Å². The van der Waals surface area contributed by atoms with Crippen LogP contribution < -0.4 is 20.9 Å². The molecule has 13 heteroatoms. The first-order chi connectivity index (χ1) is 14.6. The van der Waals surface area contributed by atoms with Gasteiger partial charge in [0.05, 0.1) is 16.8 Å². The number of benzene rings is 1. The van der Waals surface area contributed by atoms with Gasteiger partial charge in [-0.1, -0.05) is 23.2 Å². The van der Waals surface area contributed by atoms with Gasteiger partial charge in [0, 0.05) is 22.3 Å². The van der Waals surface area contributed by atoms with E-state index in [9.17, 15) is 27.2 Å². The molecule has 0 saturated carbocycles. The fourth-order valence-corrected chi connectivity index (χ4v) is 2.99. The molecule has 1 atom stereocenters. The number of carbonyl (C=O) groups excluding carboxylic acids is 2. The minimum Gasteiger partial charge on any atom is -0.485 e. The number of halogens is 6. The quantitative estimate of drug-likeness (QED) is 0.407. The van der Waals surface area contributed by atoms with Crippen molar-refractivity contribution >= 4 is 35.1 Å². The smallest absolute Gasteiger partial charge is 0.334 e. The van der Waals surface area contributed by atoms with Crippen LogP contribution in [0, 0.1) is 5.82 Å². The van der Waals surface area contributed by atoms with Crippen LogP contribution in [0.5, 0.6) is 5.75 Å². The molecule has 0 unspecified atom stereocenters. The van der Waals surface area contributed by atoms with Crippen LogP contribution in [0.15, 0.2) is 24.4 Å². The number of pyridine rings is 1. The van der Waals surface area contributed by atoms with Gasteiger partial charge in [-0.15, -0.1) is 0 Å². The maximum Gasteiger partial charge on any atom is 0.334 e. The van der Waals surface area contributed by atoms with Crippen LogP contribution in [-0.4, -0.2) is 36.6 Å². The fraction of sp³-hybridized carbons (Fsp3) is 0.278. The van der Waals surface area contributed by atoms with Gasteiger partial charge in [-0.3, -0.25) is 15.2 Å². The van der Waals surface area contributed by atoms with Gasteiger partial charge in [-0.25, -0.2) is 27.8 Å². The van der Waals surface area contributed by atoms with Crippen LogP contribution in [0.4, 0.5) is 22.4 Å². The highest BCUT2D eigenvalue weighted by atomic mass is 35.5. The number of nitrogens with zero attached hydrogens (tertiary/aromatic N) is 1. The molecule has 2 aromatic rings. The molecule has 0 bridgehead atoms. The second kappa shape index (κ2) is 11.0. The third kappa shape index (κ3) is 6.86. The zero-order chi connectivity index (χ0) is 23.1. The van der Waals surface area contributed by atoms with Crippen molar-refractivity contribution in [3.8, 4) is 16.9 Å². The average Bonchev–Trinajstić information content (AvgIpc) is 2.70.